The van der Waals surface area contributed by atoms with Crippen LogP contribution in [0, 0.1) is 11.3 Å². The SMILES string of the molecule is N#Cc1ccc(S(=O)(=O)Nc2cccc(O)c2)c(Cl)c1. The van der Waals surface area contributed by atoms with Gasteiger partial charge in [-0.1, -0.05) is 17.7 Å². The number of halogens is 1. The molecule has 0 aliphatic heterocycles. The van der Waals surface area contributed by atoms with Crippen LogP contribution in [0.25, 0.3) is 0 Å². The summed E-state index contributed by atoms with van der Waals surface area (Å²) in [5.74, 6) is -0.0591. The maximum atomic E-state index is 12.2. The first kappa shape index (κ1) is 14.2. The third kappa shape index (κ3) is 3.02. The van der Waals surface area contributed by atoms with E-state index in [1.165, 1.54) is 42.5 Å². The molecule has 5 nitrogen and oxygen atoms in total. The van der Waals surface area contributed by atoms with E-state index in [1.54, 1.807) is 0 Å². The minimum absolute atomic E-state index is 0.0447. The van der Waals surface area contributed by atoms with Gasteiger partial charge >= 0.3 is 0 Å². The molecule has 0 radical (unpaired) electrons. The average Bonchev–Trinajstić information content (AvgIpc) is 2.37. The van der Waals surface area contributed by atoms with Crippen LogP contribution in [-0.2, 0) is 10.0 Å². The number of nitriles is 1. The van der Waals surface area contributed by atoms with Crippen LogP contribution in [0.4, 0.5) is 5.69 Å². The van der Waals surface area contributed by atoms with E-state index in [0.29, 0.717) is 0 Å². The minimum Gasteiger partial charge on any atom is -0.508 e. The van der Waals surface area contributed by atoms with E-state index in [-0.39, 0.29) is 26.9 Å². The highest BCUT2D eigenvalue weighted by Gasteiger charge is 2.18. The molecule has 102 valence electrons. The molecular formula is C13H9ClN2O3S. The van der Waals surface area contributed by atoms with Gasteiger partial charge in [-0.2, -0.15) is 5.26 Å². The van der Waals surface area contributed by atoms with Crippen LogP contribution in [0.1, 0.15) is 5.56 Å². The van der Waals surface area contributed by atoms with Crippen LogP contribution in [0.15, 0.2) is 47.4 Å². The van der Waals surface area contributed by atoms with Crippen LogP contribution in [-0.4, -0.2) is 13.5 Å². The van der Waals surface area contributed by atoms with E-state index >= 15 is 0 Å². The number of rotatable bonds is 3. The van der Waals surface area contributed by atoms with Gasteiger partial charge in [0.2, 0.25) is 0 Å². The van der Waals surface area contributed by atoms with E-state index < -0.39 is 10.0 Å². The quantitative estimate of drug-likeness (QED) is 0.912. The molecule has 0 amide bonds. The highest BCUT2D eigenvalue weighted by molar-refractivity contribution is 7.92. The molecule has 2 rings (SSSR count). The number of anilines is 1. The zero-order valence-electron chi connectivity index (χ0n) is 10.0. The maximum Gasteiger partial charge on any atom is 0.263 e. The van der Waals surface area contributed by atoms with Gasteiger partial charge in [-0.15, -0.1) is 0 Å². The molecule has 2 aromatic rings. The van der Waals surface area contributed by atoms with Crippen molar-refractivity contribution >= 4 is 27.3 Å². The van der Waals surface area contributed by atoms with Gasteiger partial charge in [0.05, 0.1) is 22.3 Å². The number of nitrogens with one attached hydrogen (secondary N) is 1. The van der Waals surface area contributed by atoms with E-state index in [0.717, 1.165) is 0 Å². The molecule has 2 N–H and O–H groups in total. The first-order chi connectivity index (χ1) is 9.42. The Balaban J connectivity index is 2.39. The largest absolute Gasteiger partial charge is 0.508 e. The highest BCUT2D eigenvalue weighted by atomic mass is 35.5. The Bertz CT molecular complexity index is 798. The Hall–Kier alpha value is -2.23. The second-order valence-electron chi connectivity index (χ2n) is 3.91. The summed E-state index contributed by atoms with van der Waals surface area (Å²) in [7, 11) is -3.89. The summed E-state index contributed by atoms with van der Waals surface area (Å²) in [4.78, 5) is -0.137. The van der Waals surface area contributed by atoms with E-state index in [4.69, 9.17) is 16.9 Å². The Morgan fingerprint density at radius 2 is 1.95 bits per heavy atom. The molecule has 0 aromatic heterocycles. The number of hydrogen-bond donors (Lipinski definition) is 2. The predicted molar refractivity (Wildman–Crippen MR) is 75.1 cm³/mol. The fourth-order valence-electron chi connectivity index (χ4n) is 1.57. The highest BCUT2D eigenvalue weighted by Crippen LogP contribution is 2.25. The lowest BCUT2D eigenvalue weighted by Crippen LogP contribution is -2.13. The lowest BCUT2D eigenvalue weighted by molar-refractivity contribution is 0.475. The van der Waals surface area contributed by atoms with Gasteiger partial charge in [-0.25, -0.2) is 8.42 Å². The molecule has 7 heteroatoms. The standard InChI is InChI=1S/C13H9ClN2O3S/c14-12-6-9(8-15)4-5-13(12)20(18,19)16-10-2-1-3-11(17)7-10/h1-7,16-17H. The molecule has 0 atom stereocenters. The van der Waals surface area contributed by atoms with Crippen molar-refractivity contribution in [1.29, 1.82) is 5.26 Å². The first-order valence-electron chi connectivity index (χ1n) is 5.44. The van der Waals surface area contributed by atoms with Crippen molar-refractivity contribution < 1.29 is 13.5 Å². The number of phenolic OH excluding ortho intramolecular Hbond substituents is 1. The summed E-state index contributed by atoms with van der Waals surface area (Å²) in [6.07, 6.45) is 0. The molecule has 0 fully saturated rings. The van der Waals surface area contributed by atoms with E-state index in [1.807, 2.05) is 6.07 Å². The van der Waals surface area contributed by atoms with Crippen molar-refractivity contribution in [2.24, 2.45) is 0 Å². The van der Waals surface area contributed by atoms with Gasteiger partial charge in [-0.05, 0) is 30.3 Å². The maximum absolute atomic E-state index is 12.2. The van der Waals surface area contributed by atoms with E-state index in [2.05, 4.69) is 4.72 Å². The molecule has 0 unspecified atom stereocenters. The Labute approximate surface area is 121 Å². The molecule has 0 aliphatic carbocycles. The monoisotopic (exact) mass is 308 g/mol. The summed E-state index contributed by atoms with van der Waals surface area (Å²) in [6.45, 7) is 0. The fraction of sp³-hybridized carbons (Fsp3) is 0. The van der Waals surface area contributed by atoms with Gasteiger partial charge in [0, 0.05) is 6.07 Å². The molecule has 0 spiro atoms. The zero-order chi connectivity index (χ0) is 14.8. The molecule has 0 bridgehead atoms. The molecule has 0 aliphatic rings. The Morgan fingerprint density at radius 1 is 1.20 bits per heavy atom. The lowest BCUT2D eigenvalue weighted by Gasteiger charge is -2.09. The minimum atomic E-state index is -3.89. The van der Waals surface area contributed by atoms with Crippen LogP contribution in [0.5, 0.6) is 5.75 Å². The molecule has 2 aromatic carbocycles. The average molecular weight is 309 g/mol. The smallest absolute Gasteiger partial charge is 0.263 e. The topological polar surface area (TPSA) is 90.2 Å². The molecule has 0 heterocycles. The molecule has 0 saturated carbocycles. The Morgan fingerprint density at radius 3 is 2.55 bits per heavy atom. The van der Waals surface area contributed by atoms with Crippen molar-refractivity contribution in [3.8, 4) is 11.8 Å². The molecule has 0 saturated heterocycles. The summed E-state index contributed by atoms with van der Waals surface area (Å²) in [5, 5.41) is 18.0. The van der Waals surface area contributed by atoms with Crippen molar-refractivity contribution in [3.05, 3.63) is 53.1 Å². The van der Waals surface area contributed by atoms with Gasteiger partial charge in [0.15, 0.2) is 0 Å². The second-order valence-corrected chi connectivity index (χ2v) is 5.97. The lowest BCUT2D eigenvalue weighted by atomic mass is 10.2. The van der Waals surface area contributed by atoms with Crippen LogP contribution in [0.2, 0.25) is 5.02 Å². The number of hydrogen-bond acceptors (Lipinski definition) is 4. The Kier molecular flexibility index (Phi) is 3.84. The van der Waals surface area contributed by atoms with Crippen LogP contribution in [0.3, 0.4) is 0 Å². The second kappa shape index (κ2) is 5.41. The summed E-state index contributed by atoms with van der Waals surface area (Å²) >= 11 is 5.87. The third-order valence-corrected chi connectivity index (χ3v) is 4.31. The molecular weight excluding hydrogens is 300 g/mol. The van der Waals surface area contributed by atoms with Gasteiger partial charge in [-0.3, -0.25) is 4.72 Å². The van der Waals surface area contributed by atoms with Crippen molar-refractivity contribution in [2.45, 2.75) is 4.90 Å². The summed E-state index contributed by atoms with van der Waals surface area (Å²) < 4.78 is 26.6. The van der Waals surface area contributed by atoms with Crippen molar-refractivity contribution in [2.75, 3.05) is 4.72 Å². The number of benzene rings is 2. The number of sulfonamides is 1. The van der Waals surface area contributed by atoms with E-state index in [9.17, 15) is 13.5 Å². The zero-order valence-corrected chi connectivity index (χ0v) is 11.6. The number of aromatic hydroxyl groups is 1. The van der Waals surface area contributed by atoms with Gasteiger partial charge in [0.1, 0.15) is 10.6 Å². The third-order valence-electron chi connectivity index (χ3n) is 2.45. The summed E-state index contributed by atoms with van der Waals surface area (Å²) in [5.41, 5.74) is 0.483. The van der Waals surface area contributed by atoms with Crippen LogP contribution < -0.4 is 4.72 Å². The van der Waals surface area contributed by atoms with Crippen molar-refractivity contribution in [1.82, 2.24) is 0 Å². The number of phenols is 1. The fourth-order valence-corrected chi connectivity index (χ4v) is 3.16. The van der Waals surface area contributed by atoms with Gasteiger partial charge in [0.25, 0.3) is 10.0 Å². The number of nitrogens with zero attached hydrogens (tertiary/aromatic N) is 1. The summed E-state index contributed by atoms with van der Waals surface area (Å²) in [6, 6.07) is 11.5. The van der Waals surface area contributed by atoms with Gasteiger partial charge < -0.3 is 5.11 Å². The molecule has 20 heavy (non-hydrogen) atoms. The van der Waals surface area contributed by atoms with Crippen molar-refractivity contribution in [3.63, 3.8) is 0 Å². The van der Waals surface area contributed by atoms with Crippen LogP contribution >= 0.6 is 11.6 Å². The first-order valence-corrected chi connectivity index (χ1v) is 7.30. The normalized spacial score (nSPS) is 10.8. The predicted octanol–water partition coefficient (Wildman–Crippen LogP) is 2.72.